The van der Waals surface area contributed by atoms with Crippen LogP contribution in [0, 0.1) is 11.8 Å². The molecule has 0 aromatic carbocycles. The molecule has 2 N–H and O–H groups in total. The quantitative estimate of drug-likeness (QED) is 0.585. The van der Waals surface area contributed by atoms with Gasteiger partial charge >= 0.3 is 5.97 Å². The van der Waals surface area contributed by atoms with Gasteiger partial charge in [0, 0.05) is 6.42 Å². The summed E-state index contributed by atoms with van der Waals surface area (Å²) in [6.07, 6.45) is 8.72. The smallest absolute Gasteiger partial charge is 0.306 e. The number of ether oxygens (including phenoxy) is 1. The second kappa shape index (κ2) is 8.52. The van der Waals surface area contributed by atoms with Gasteiger partial charge in [0.2, 0.25) is 0 Å². The summed E-state index contributed by atoms with van der Waals surface area (Å²) in [5.74, 6) is 0.825. The molecule has 0 amide bonds. The maximum absolute atomic E-state index is 11.9. The van der Waals surface area contributed by atoms with Gasteiger partial charge in [-0.25, -0.2) is 0 Å². The SMILES string of the molecule is CC(C)C[C@H](CN)CC(=O)OC1CCCCCC1. The van der Waals surface area contributed by atoms with E-state index >= 15 is 0 Å². The van der Waals surface area contributed by atoms with E-state index in [9.17, 15) is 4.79 Å². The normalized spacial score (nSPS) is 19.6. The summed E-state index contributed by atoms with van der Waals surface area (Å²) in [5.41, 5.74) is 5.72. The molecule has 0 radical (unpaired) electrons. The van der Waals surface area contributed by atoms with E-state index in [-0.39, 0.29) is 18.0 Å². The summed E-state index contributed by atoms with van der Waals surface area (Å²) in [6.45, 7) is 4.91. The Morgan fingerprint density at radius 3 is 2.33 bits per heavy atom. The molecule has 1 aliphatic rings. The van der Waals surface area contributed by atoms with E-state index in [1.54, 1.807) is 0 Å². The van der Waals surface area contributed by atoms with Crippen molar-refractivity contribution in [3.8, 4) is 0 Å². The fourth-order valence-electron chi connectivity index (χ4n) is 2.76. The predicted octanol–water partition coefficient (Wildman–Crippen LogP) is 3.26. The topological polar surface area (TPSA) is 52.3 Å². The summed E-state index contributed by atoms with van der Waals surface area (Å²) < 4.78 is 5.59. The molecule has 3 heteroatoms. The molecule has 18 heavy (non-hydrogen) atoms. The minimum absolute atomic E-state index is 0.0435. The van der Waals surface area contributed by atoms with Crippen molar-refractivity contribution in [1.82, 2.24) is 0 Å². The Balaban J connectivity index is 2.29. The van der Waals surface area contributed by atoms with E-state index in [0.717, 1.165) is 19.3 Å². The van der Waals surface area contributed by atoms with Gasteiger partial charge in [-0.3, -0.25) is 4.79 Å². The molecule has 0 unspecified atom stereocenters. The highest BCUT2D eigenvalue weighted by Crippen LogP contribution is 2.21. The summed E-state index contributed by atoms with van der Waals surface area (Å²) in [4.78, 5) is 11.9. The van der Waals surface area contributed by atoms with E-state index in [1.807, 2.05) is 0 Å². The molecule has 0 heterocycles. The molecule has 1 fully saturated rings. The van der Waals surface area contributed by atoms with Crippen LogP contribution < -0.4 is 5.73 Å². The number of carbonyl (C=O) groups is 1. The summed E-state index contributed by atoms with van der Waals surface area (Å²) in [7, 11) is 0. The monoisotopic (exact) mass is 255 g/mol. The zero-order valence-corrected chi connectivity index (χ0v) is 12.0. The zero-order valence-electron chi connectivity index (χ0n) is 12.0. The minimum atomic E-state index is -0.0435. The van der Waals surface area contributed by atoms with Gasteiger partial charge in [0.05, 0.1) is 0 Å². The molecule has 3 nitrogen and oxygen atoms in total. The van der Waals surface area contributed by atoms with Crippen LogP contribution in [0.25, 0.3) is 0 Å². The number of carbonyl (C=O) groups excluding carboxylic acids is 1. The molecule has 1 saturated carbocycles. The number of hydrogen-bond acceptors (Lipinski definition) is 3. The second-order valence-corrected chi connectivity index (χ2v) is 6.04. The highest BCUT2D eigenvalue weighted by Gasteiger charge is 2.20. The van der Waals surface area contributed by atoms with Crippen LogP contribution >= 0.6 is 0 Å². The largest absolute Gasteiger partial charge is 0.462 e. The van der Waals surface area contributed by atoms with Gasteiger partial charge < -0.3 is 10.5 Å². The molecule has 0 aliphatic heterocycles. The Bertz CT molecular complexity index is 227. The van der Waals surface area contributed by atoms with Crippen molar-refractivity contribution in [2.45, 2.75) is 71.3 Å². The maximum Gasteiger partial charge on any atom is 0.306 e. The van der Waals surface area contributed by atoms with Crippen molar-refractivity contribution in [1.29, 1.82) is 0 Å². The first-order valence-corrected chi connectivity index (χ1v) is 7.51. The van der Waals surface area contributed by atoms with Crippen molar-refractivity contribution in [2.24, 2.45) is 17.6 Å². The van der Waals surface area contributed by atoms with E-state index in [4.69, 9.17) is 10.5 Å². The Morgan fingerprint density at radius 2 is 1.83 bits per heavy atom. The number of hydrogen-bond donors (Lipinski definition) is 1. The molecule has 1 aliphatic carbocycles. The van der Waals surface area contributed by atoms with Crippen molar-refractivity contribution in [3.63, 3.8) is 0 Å². The lowest BCUT2D eigenvalue weighted by atomic mass is 9.94. The highest BCUT2D eigenvalue weighted by atomic mass is 16.5. The van der Waals surface area contributed by atoms with Crippen LogP contribution in [0.1, 0.15) is 65.2 Å². The molecule has 0 bridgehead atoms. The van der Waals surface area contributed by atoms with E-state index in [1.165, 1.54) is 25.7 Å². The predicted molar refractivity (Wildman–Crippen MR) is 74.2 cm³/mol. The van der Waals surface area contributed by atoms with Crippen molar-refractivity contribution in [3.05, 3.63) is 0 Å². The second-order valence-electron chi connectivity index (χ2n) is 6.04. The lowest BCUT2D eigenvalue weighted by Gasteiger charge is -2.19. The summed E-state index contributed by atoms with van der Waals surface area (Å²) in [5, 5.41) is 0. The van der Waals surface area contributed by atoms with Gasteiger partial charge in [0.25, 0.3) is 0 Å². The van der Waals surface area contributed by atoms with Crippen LogP contribution in [-0.2, 0) is 9.53 Å². The maximum atomic E-state index is 11.9. The fourth-order valence-corrected chi connectivity index (χ4v) is 2.76. The van der Waals surface area contributed by atoms with Crippen LogP contribution in [0.5, 0.6) is 0 Å². The Labute approximate surface area is 111 Å². The third kappa shape index (κ3) is 6.39. The molecule has 0 aromatic rings. The summed E-state index contributed by atoms with van der Waals surface area (Å²) in [6, 6.07) is 0. The van der Waals surface area contributed by atoms with Gasteiger partial charge in [-0.05, 0) is 50.5 Å². The van der Waals surface area contributed by atoms with Crippen LogP contribution in [0.4, 0.5) is 0 Å². The van der Waals surface area contributed by atoms with Crippen LogP contribution in [0.2, 0.25) is 0 Å². The molecule has 1 rings (SSSR count). The third-order valence-electron chi connectivity index (χ3n) is 3.69. The first-order valence-electron chi connectivity index (χ1n) is 7.51. The third-order valence-corrected chi connectivity index (χ3v) is 3.69. The molecular formula is C15H29NO2. The first-order chi connectivity index (χ1) is 8.61. The van der Waals surface area contributed by atoms with Crippen LogP contribution in [0.3, 0.4) is 0 Å². The lowest BCUT2D eigenvalue weighted by molar-refractivity contribution is -0.150. The number of esters is 1. The van der Waals surface area contributed by atoms with E-state index in [2.05, 4.69) is 13.8 Å². The van der Waals surface area contributed by atoms with Crippen molar-refractivity contribution in [2.75, 3.05) is 6.54 Å². The Kier molecular flexibility index (Phi) is 7.33. The lowest BCUT2D eigenvalue weighted by Crippen LogP contribution is -2.24. The van der Waals surface area contributed by atoms with Crippen molar-refractivity contribution >= 4 is 5.97 Å². The van der Waals surface area contributed by atoms with Crippen molar-refractivity contribution < 1.29 is 9.53 Å². The van der Waals surface area contributed by atoms with Gasteiger partial charge in [-0.1, -0.05) is 26.7 Å². The molecule has 0 saturated heterocycles. The Hall–Kier alpha value is -0.570. The molecular weight excluding hydrogens is 226 g/mol. The van der Waals surface area contributed by atoms with Gasteiger partial charge in [-0.15, -0.1) is 0 Å². The zero-order chi connectivity index (χ0) is 13.4. The average Bonchev–Trinajstić information content (AvgIpc) is 2.56. The van der Waals surface area contributed by atoms with Gasteiger partial charge in [0.1, 0.15) is 6.10 Å². The molecule has 0 spiro atoms. The van der Waals surface area contributed by atoms with Crippen LogP contribution in [0.15, 0.2) is 0 Å². The highest BCUT2D eigenvalue weighted by molar-refractivity contribution is 5.69. The first kappa shape index (κ1) is 15.5. The standard InChI is InChI=1S/C15H29NO2/c1-12(2)9-13(11-16)10-15(17)18-14-7-5-3-4-6-8-14/h12-14H,3-11,16H2,1-2H3/t13-/m0/s1. The fraction of sp³-hybridized carbons (Fsp3) is 0.933. The Morgan fingerprint density at radius 1 is 1.22 bits per heavy atom. The molecule has 0 aromatic heterocycles. The number of nitrogens with two attached hydrogens (primary N) is 1. The van der Waals surface area contributed by atoms with E-state index < -0.39 is 0 Å². The van der Waals surface area contributed by atoms with E-state index in [0.29, 0.717) is 18.9 Å². The summed E-state index contributed by atoms with van der Waals surface area (Å²) >= 11 is 0. The minimum Gasteiger partial charge on any atom is -0.462 e. The average molecular weight is 255 g/mol. The van der Waals surface area contributed by atoms with Gasteiger partial charge in [0.15, 0.2) is 0 Å². The molecule has 1 atom stereocenters. The van der Waals surface area contributed by atoms with Gasteiger partial charge in [-0.2, -0.15) is 0 Å². The molecule has 106 valence electrons. The van der Waals surface area contributed by atoms with Crippen LogP contribution in [-0.4, -0.2) is 18.6 Å². The number of rotatable bonds is 6.